The first kappa shape index (κ1) is 18.9. The van der Waals surface area contributed by atoms with Gasteiger partial charge in [-0.1, -0.05) is 26.0 Å². The molecule has 4 nitrogen and oxygen atoms in total. The monoisotopic (exact) mass is 342 g/mol. The van der Waals surface area contributed by atoms with Gasteiger partial charge in [0.1, 0.15) is 13.2 Å². The van der Waals surface area contributed by atoms with Crippen molar-refractivity contribution < 1.29 is 19.1 Å². The maximum Gasteiger partial charge on any atom is 0.339 e. The summed E-state index contributed by atoms with van der Waals surface area (Å²) < 4.78 is 10.4. The summed E-state index contributed by atoms with van der Waals surface area (Å²) in [6.45, 7) is 4.32. The maximum absolute atomic E-state index is 12.1. The molecule has 0 saturated carbocycles. The van der Waals surface area contributed by atoms with E-state index >= 15 is 0 Å². The predicted molar refractivity (Wildman–Crippen MR) is 93.1 cm³/mol. The molecular weight excluding hydrogens is 320 g/mol. The van der Waals surface area contributed by atoms with Crippen LogP contribution in [0.4, 0.5) is 0 Å². The number of thiol groups is 2. The van der Waals surface area contributed by atoms with Crippen molar-refractivity contribution in [1.29, 1.82) is 0 Å². The summed E-state index contributed by atoms with van der Waals surface area (Å²) in [5, 5.41) is -0.0323. The van der Waals surface area contributed by atoms with Crippen LogP contribution in [0.5, 0.6) is 0 Å². The van der Waals surface area contributed by atoms with Crippen LogP contribution in [0.3, 0.4) is 0 Å². The van der Waals surface area contributed by atoms with Crippen molar-refractivity contribution >= 4 is 37.2 Å². The second-order valence-electron chi connectivity index (χ2n) is 4.87. The van der Waals surface area contributed by atoms with E-state index in [1.54, 1.807) is 24.3 Å². The molecule has 1 aromatic carbocycles. The third-order valence-electron chi connectivity index (χ3n) is 3.12. The van der Waals surface area contributed by atoms with Crippen LogP contribution in [0, 0.1) is 0 Å². The quantitative estimate of drug-likeness (QED) is 0.561. The zero-order valence-corrected chi connectivity index (χ0v) is 14.6. The van der Waals surface area contributed by atoms with Crippen LogP contribution in [0.2, 0.25) is 0 Å². The van der Waals surface area contributed by atoms with Crippen LogP contribution in [-0.4, -0.2) is 35.7 Å². The third kappa shape index (κ3) is 5.93. The molecule has 0 radical (unpaired) electrons. The molecule has 0 amide bonds. The summed E-state index contributed by atoms with van der Waals surface area (Å²) in [5.74, 6) is -1.09. The van der Waals surface area contributed by atoms with Gasteiger partial charge in [-0.2, -0.15) is 25.3 Å². The molecule has 0 saturated heterocycles. The summed E-state index contributed by atoms with van der Waals surface area (Å²) in [6.07, 6.45) is 1.58. The van der Waals surface area contributed by atoms with Crippen LogP contribution < -0.4 is 0 Å². The van der Waals surface area contributed by atoms with Gasteiger partial charge in [0.15, 0.2) is 0 Å². The highest BCUT2D eigenvalue weighted by Crippen LogP contribution is 2.14. The van der Waals surface area contributed by atoms with Gasteiger partial charge in [0.2, 0.25) is 0 Å². The predicted octanol–water partition coefficient (Wildman–Crippen LogP) is 3.42. The van der Waals surface area contributed by atoms with Crippen molar-refractivity contribution in [1.82, 2.24) is 0 Å². The number of carbonyl (C=O) groups is 2. The van der Waals surface area contributed by atoms with E-state index < -0.39 is 11.9 Å². The van der Waals surface area contributed by atoms with Crippen molar-refractivity contribution in [3.63, 3.8) is 0 Å². The fourth-order valence-corrected chi connectivity index (χ4v) is 1.72. The van der Waals surface area contributed by atoms with E-state index in [0.717, 1.165) is 12.8 Å². The van der Waals surface area contributed by atoms with Gasteiger partial charge in [0.05, 0.1) is 11.1 Å². The zero-order valence-electron chi connectivity index (χ0n) is 12.8. The van der Waals surface area contributed by atoms with E-state index in [1.807, 2.05) is 13.8 Å². The molecule has 0 fully saturated rings. The summed E-state index contributed by atoms with van der Waals surface area (Å²) in [4.78, 5) is 24.2. The largest absolute Gasteiger partial charge is 0.461 e. The number of carbonyl (C=O) groups excluding carboxylic acids is 2. The van der Waals surface area contributed by atoms with E-state index in [4.69, 9.17) is 9.47 Å². The van der Waals surface area contributed by atoms with Crippen LogP contribution in [-0.2, 0) is 9.47 Å². The Bertz CT molecular complexity index is 460. The number of hydrogen-bond donors (Lipinski definition) is 2. The highest BCUT2D eigenvalue weighted by molar-refractivity contribution is 7.81. The molecule has 2 atom stereocenters. The summed E-state index contributed by atoms with van der Waals surface area (Å²) in [5.41, 5.74) is 0.410. The van der Waals surface area contributed by atoms with E-state index in [2.05, 4.69) is 25.3 Å². The van der Waals surface area contributed by atoms with E-state index in [1.165, 1.54) is 0 Å². The van der Waals surface area contributed by atoms with E-state index in [-0.39, 0.29) is 34.8 Å². The Hall–Kier alpha value is -1.14. The van der Waals surface area contributed by atoms with Gasteiger partial charge >= 0.3 is 11.9 Å². The fourth-order valence-electron chi connectivity index (χ4n) is 1.57. The lowest BCUT2D eigenvalue weighted by atomic mass is 10.1. The topological polar surface area (TPSA) is 52.6 Å². The average molecular weight is 342 g/mol. The highest BCUT2D eigenvalue weighted by Gasteiger charge is 2.20. The standard InChI is InChI=1S/C16H22O4S2/c1-3-11(21)9-19-15(17)13-7-5-6-8-14(13)16(18)20-10-12(22)4-2/h5-8,11-12,21-22H,3-4,9-10H2,1-2H3. The van der Waals surface area contributed by atoms with Gasteiger partial charge in [-0.25, -0.2) is 9.59 Å². The van der Waals surface area contributed by atoms with Gasteiger partial charge in [-0.15, -0.1) is 0 Å². The SMILES string of the molecule is CCC(S)COC(=O)c1ccccc1C(=O)OCC(S)CC. The summed E-state index contributed by atoms with van der Waals surface area (Å²) in [6, 6.07) is 6.46. The van der Waals surface area contributed by atoms with Crippen LogP contribution in [0.1, 0.15) is 47.4 Å². The molecule has 1 aromatic rings. The third-order valence-corrected chi connectivity index (χ3v) is 4.15. The molecule has 22 heavy (non-hydrogen) atoms. The molecule has 122 valence electrons. The number of esters is 2. The number of hydrogen-bond acceptors (Lipinski definition) is 6. The maximum atomic E-state index is 12.1. The van der Waals surface area contributed by atoms with Crippen molar-refractivity contribution in [2.45, 2.75) is 37.2 Å². The minimum absolute atomic E-state index is 0.0161. The highest BCUT2D eigenvalue weighted by atomic mass is 32.1. The summed E-state index contributed by atoms with van der Waals surface area (Å²) >= 11 is 8.55. The molecule has 0 aliphatic heterocycles. The van der Waals surface area contributed by atoms with Crippen LogP contribution in [0.25, 0.3) is 0 Å². The Morgan fingerprint density at radius 2 is 1.27 bits per heavy atom. The number of benzene rings is 1. The van der Waals surface area contributed by atoms with Crippen LogP contribution >= 0.6 is 25.3 Å². The fraction of sp³-hybridized carbons (Fsp3) is 0.500. The molecule has 0 aromatic heterocycles. The van der Waals surface area contributed by atoms with Crippen molar-refractivity contribution in [2.75, 3.05) is 13.2 Å². The Kier molecular flexibility index (Phi) is 8.42. The smallest absolute Gasteiger partial charge is 0.339 e. The molecule has 1 rings (SSSR count). The van der Waals surface area contributed by atoms with Gasteiger partial charge in [0.25, 0.3) is 0 Å². The van der Waals surface area contributed by atoms with E-state index in [0.29, 0.717) is 0 Å². The van der Waals surface area contributed by atoms with Gasteiger partial charge < -0.3 is 9.47 Å². The van der Waals surface area contributed by atoms with Crippen LogP contribution in [0.15, 0.2) is 24.3 Å². The first-order chi connectivity index (χ1) is 10.5. The Balaban J connectivity index is 2.76. The molecule has 0 aliphatic rings. The lowest BCUT2D eigenvalue weighted by molar-refractivity contribution is 0.0459. The van der Waals surface area contributed by atoms with Gasteiger partial charge in [-0.05, 0) is 25.0 Å². The molecule has 6 heteroatoms. The lowest BCUT2D eigenvalue weighted by Crippen LogP contribution is -2.19. The van der Waals surface area contributed by atoms with Crippen molar-refractivity contribution in [2.24, 2.45) is 0 Å². The normalized spacial score (nSPS) is 13.3. The lowest BCUT2D eigenvalue weighted by Gasteiger charge is -2.13. The Labute approximate surface area is 142 Å². The molecule has 0 spiro atoms. The zero-order chi connectivity index (χ0) is 16.5. The van der Waals surface area contributed by atoms with Gasteiger partial charge in [0, 0.05) is 10.5 Å². The number of rotatable bonds is 8. The number of ether oxygens (including phenoxy) is 2. The molecular formula is C16H22O4S2. The molecule has 0 aliphatic carbocycles. The Morgan fingerprint density at radius 1 is 0.909 bits per heavy atom. The molecule has 2 unspecified atom stereocenters. The molecule has 0 bridgehead atoms. The van der Waals surface area contributed by atoms with Crippen molar-refractivity contribution in [3.05, 3.63) is 35.4 Å². The second-order valence-corrected chi connectivity index (χ2v) is 6.33. The average Bonchev–Trinajstić information content (AvgIpc) is 2.56. The molecule has 0 heterocycles. The first-order valence-corrected chi connectivity index (χ1v) is 8.32. The summed E-state index contributed by atoms with van der Waals surface area (Å²) in [7, 11) is 0. The first-order valence-electron chi connectivity index (χ1n) is 7.28. The minimum Gasteiger partial charge on any atom is -0.461 e. The van der Waals surface area contributed by atoms with Gasteiger partial charge in [-0.3, -0.25) is 0 Å². The molecule has 0 N–H and O–H groups in total. The second kappa shape index (κ2) is 9.79. The Morgan fingerprint density at radius 3 is 1.59 bits per heavy atom. The van der Waals surface area contributed by atoms with Crippen molar-refractivity contribution in [3.8, 4) is 0 Å². The minimum atomic E-state index is -0.544. The van der Waals surface area contributed by atoms with E-state index in [9.17, 15) is 9.59 Å².